The first-order valence-corrected chi connectivity index (χ1v) is 11.3. The van der Waals surface area contributed by atoms with Gasteiger partial charge in [-0.3, -0.25) is 9.59 Å². The fourth-order valence-corrected chi connectivity index (χ4v) is 4.41. The fraction of sp³-hybridized carbons (Fsp3) is 0.227. The standard InChI is InChI=1S/C22H23N3O4S2/c1-14-10-16(6-9-19(14)29-3)24-20(26)11-17-12-30-22(25-17)31-13-21(27)23-15-4-7-18(28-2)8-5-15/h4-10,12H,11,13H2,1-3H3,(H,23,27)(H,24,26). The number of thiazole rings is 1. The molecule has 0 aliphatic rings. The number of carbonyl (C=O) groups excluding carboxylic acids is 2. The Hall–Kier alpha value is -3.04. The molecular formula is C22H23N3O4S2. The number of aryl methyl sites for hydroxylation is 1. The van der Waals surface area contributed by atoms with E-state index in [-0.39, 0.29) is 24.0 Å². The van der Waals surface area contributed by atoms with Crippen molar-refractivity contribution in [2.24, 2.45) is 0 Å². The van der Waals surface area contributed by atoms with Crippen molar-refractivity contribution in [2.45, 2.75) is 17.7 Å². The number of hydrogen-bond donors (Lipinski definition) is 2. The van der Waals surface area contributed by atoms with E-state index in [1.54, 1.807) is 44.6 Å². The number of ether oxygens (including phenoxy) is 2. The molecule has 1 aromatic heterocycles. The molecule has 2 N–H and O–H groups in total. The average Bonchev–Trinajstić information content (AvgIpc) is 3.20. The molecule has 2 aromatic carbocycles. The predicted molar refractivity (Wildman–Crippen MR) is 125 cm³/mol. The molecule has 9 heteroatoms. The van der Waals surface area contributed by atoms with Crippen LogP contribution in [-0.2, 0) is 16.0 Å². The second kappa shape index (κ2) is 10.8. The summed E-state index contributed by atoms with van der Waals surface area (Å²) in [4.78, 5) is 28.9. The molecule has 3 rings (SSSR count). The summed E-state index contributed by atoms with van der Waals surface area (Å²) in [5, 5.41) is 7.53. The van der Waals surface area contributed by atoms with E-state index in [2.05, 4.69) is 15.6 Å². The van der Waals surface area contributed by atoms with Crippen molar-refractivity contribution in [1.29, 1.82) is 0 Å². The van der Waals surface area contributed by atoms with Gasteiger partial charge in [0.15, 0.2) is 4.34 Å². The zero-order valence-electron chi connectivity index (χ0n) is 17.4. The third-order valence-corrected chi connectivity index (χ3v) is 6.32. The van der Waals surface area contributed by atoms with Gasteiger partial charge in [0.25, 0.3) is 0 Å². The lowest BCUT2D eigenvalue weighted by molar-refractivity contribution is -0.116. The first-order chi connectivity index (χ1) is 15.0. The Morgan fingerprint density at radius 3 is 2.39 bits per heavy atom. The lowest BCUT2D eigenvalue weighted by Gasteiger charge is -2.08. The molecule has 0 saturated heterocycles. The fourth-order valence-electron chi connectivity index (χ4n) is 2.76. The summed E-state index contributed by atoms with van der Waals surface area (Å²) in [5.74, 6) is 1.46. The van der Waals surface area contributed by atoms with Crippen LogP contribution in [0.5, 0.6) is 11.5 Å². The van der Waals surface area contributed by atoms with Gasteiger partial charge < -0.3 is 20.1 Å². The quantitative estimate of drug-likeness (QED) is 0.464. The maximum absolute atomic E-state index is 12.3. The third kappa shape index (κ3) is 6.73. The smallest absolute Gasteiger partial charge is 0.234 e. The molecule has 0 radical (unpaired) electrons. The van der Waals surface area contributed by atoms with Gasteiger partial charge in [0.05, 0.1) is 32.1 Å². The van der Waals surface area contributed by atoms with Crippen molar-refractivity contribution in [3.05, 3.63) is 59.1 Å². The Balaban J connectivity index is 1.46. The van der Waals surface area contributed by atoms with Crippen LogP contribution in [0.4, 0.5) is 11.4 Å². The summed E-state index contributed by atoms with van der Waals surface area (Å²) < 4.78 is 11.1. The summed E-state index contributed by atoms with van der Waals surface area (Å²) in [6, 6.07) is 12.6. The molecule has 0 aliphatic carbocycles. The third-order valence-electron chi connectivity index (χ3n) is 4.25. The van der Waals surface area contributed by atoms with Crippen LogP contribution < -0.4 is 20.1 Å². The Bertz CT molecular complexity index is 1050. The van der Waals surface area contributed by atoms with E-state index in [0.717, 1.165) is 21.4 Å². The normalized spacial score (nSPS) is 10.4. The molecule has 1 heterocycles. The van der Waals surface area contributed by atoms with Crippen LogP contribution >= 0.6 is 23.1 Å². The largest absolute Gasteiger partial charge is 0.497 e. The number of rotatable bonds is 9. The molecule has 0 fully saturated rings. The van der Waals surface area contributed by atoms with Crippen molar-refractivity contribution in [3.63, 3.8) is 0 Å². The number of thioether (sulfide) groups is 1. The first kappa shape index (κ1) is 22.6. The molecule has 3 aromatic rings. The van der Waals surface area contributed by atoms with Crippen molar-refractivity contribution in [1.82, 2.24) is 4.98 Å². The van der Waals surface area contributed by atoms with Crippen LogP contribution in [0.3, 0.4) is 0 Å². The van der Waals surface area contributed by atoms with Crippen LogP contribution in [0, 0.1) is 6.92 Å². The molecule has 2 amide bonds. The number of nitrogens with one attached hydrogen (secondary N) is 2. The topological polar surface area (TPSA) is 89.5 Å². The zero-order valence-corrected chi connectivity index (χ0v) is 19.1. The van der Waals surface area contributed by atoms with Crippen LogP contribution in [0.2, 0.25) is 0 Å². The van der Waals surface area contributed by atoms with Crippen LogP contribution in [0.25, 0.3) is 0 Å². The Labute approximate surface area is 189 Å². The van der Waals surface area contributed by atoms with Gasteiger partial charge in [-0.25, -0.2) is 4.98 Å². The van der Waals surface area contributed by atoms with Gasteiger partial charge in [-0.05, 0) is 55.0 Å². The highest BCUT2D eigenvalue weighted by molar-refractivity contribution is 8.01. The Morgan fingerprint density at radius 1 is 1.00 bits per heavy atom. The summed E-state index contributed by atoms with van der Waals surface area (Å²) in [5.41, 5.74) is 3.03. The second-order valence-electron chi connectivity index (χ2n) is 6.58. The molecule has 0 aliphatic heterocycles. The van der Waals surface area contributed by atoms with E-state index >= 15 is 0 Å². The zero-order chi connectivity index (χ0) is 22.2. The van der Waals surface area contributed by atoms with Crippen LogP contribution in [-0.4, -0.2) is 36.8 Å². The van der Waals surface area contributed by atoms with E-state index in [1.165, 1.54) is 23.1 Å². The molecule has 0 unspecified atom stereocenters. The number of nitrogens with zero attached hydrogens (tertiary/aromatic N) is 1. The van der Waals surface area contributed by atoms with Gasteiger partial charge in [-0.1, -0.05) is 11.8 Å². The number of aromatic nitrogens is 1. The van der Waals surface area contributed by atoms with Crippen LogP contribution in [0.15, 0.2) is 52.2 Å². The van der Waals surface area contributed by atoms with Gasteiger partial charge in [0.2, 0.25) is 11.8 Å². The number of benzene rings is 2. The maximum Gasteiger partial charge on any atom is 0.234 e. The van der Waals surface area contributed by atoms with Gasteiger partial charge in [-0.15, -0.1) is 11.3 Å². The number of methoxy groups -OCH3 is 2. The maximum atomic E-state index is 12.3. The Kier molecular flexibility index (Phi) is 7.91. The van der Waals surface area contributed by atoms with Gasteiger partial charge in [0, 0.05) is 16.8 Å². The molecule has 7 nitrogen and oxygen atoms in total. The number of anilines is 2. The number of carbonyl (C=O) groups is 2. The molecule has 0 atom stereocenters. The molecule has 0 spiro atoms. The summed E-state index contributed by atoms with van der Waals surface area (Å²) in [7, 11) is 3.21. The highest BCUT2D eigenvalue weighted by atomic mass is 32.2. The summed E-state index contributed by atoms with van der Waals surface area (Å²) in [6.45, 7) is 1.92. The lowest BCUT2D eigenvalue weighted by atomic mass is 10.2. The van der Waals surface area contributed by atoms with Crippen molar-refractivity contribution < 1.29 is 19.1 Å². The van der Waals surface area contributed by atoms with Crippen molar-refractivity contribution in [3.8, 4) is 11.5 Å². The first-order valence-electron chi connectivity index (χ1n) is 9.42. The second-order valence-corrected chi connectivity index (χ2v) is 8.66. The monoisotopic (exact) mass is 457 g/mol. The molecule has 0 saturated carbocycles. The molecule has 0 bridgehead atoms. The van der Waals surface area contributed by atoms with E-state index in [4.69, 9.17) is 9.47 Å². The minimum absolute atomic E-state index is 0.125. The van der Waals surface area contributed by atoms with E-state index in [1.807, 2.05) is 24.4 Å². The Morgan fingerprint density at radius 2 is 1.71 bits per heavy atom. The molecular weight excluding hydrogens is 434 g/mol. The van der Waals surface area contributed by atoms with E-state index in [9.17, 15) is 9.59 Å². The number of hydrogen-bond acceptors (Lipinski definition) is 7. The van der Waals surface area contributed by atoms with E-state index in [0.29, 0.717) is 17.1 Å². The minimum atomic E-state index is -0.149. The number of amides is 2. The summed E-state index contributed by atoms with van der Waals surface area (Å²) in [6.07, 6.45) is 0.167. The van der Waals surface area contributed by atoms with Gasteiger partial charge in [0.1, 0.15) is 11.5 Å². The van der Waals surface area contributed by atoms with Crippen molar-refractivity contribution >= 4 is 46.3 Å². The minimum Gasteiger partial charge on any atom is -0.497 e. The van der Waals surface area contributed by atoms with Gasteiger partial charge in [-0.2, -0.15) is 0 Å². The highest BCUT2D eigenvalue weighted by Crippen LogP contribution is 2.24. The van der Waals surface area contributed by atoms with Gasteiger partial charge >= 0.3 is 0 Å². The van der Waals surface area contributed by atoms with E-state index < -0.39 is 0 Å². The SMILES string of the molecule is COc1ccc(NC(=O)CSc2nc(CC(=O)Nc3ccc(OC)c(C)c3)cs2)cc1. The predicted octanol–water partition coefficient (Wildman–Crippen LogP) is 4.38. The summed E-state index contributed by atoms with van der Waals surface area (Å²) >= 11 is 2.76. The lowest BCUT2D eigenvalue weighted by Crippen LogP contribution is -2.15. The van der Waals surface area contributed by atoms with Crippen molar-refractivity contribution in [2.75, 3.05) is 30.6 Å². The molecule has 31 heavy (non-hydrogen) atoms. The average molecular weight is 458 g/mol. The van der Waals surface area contributed by atoms with Crippen LogP contribution in [0.1, 0.15) is 11.3 Å². The highest BCUT2D eigenvalue weighted by Gasteiger charge is 2.11. The molecule has 162 valence electrons.